The third kappa shape index (κ3) is 3.42. The fourth-order valence-electron chi connectivity index (χ4n) is 3.69. The fourth-order valence-corrected chi connectivity index (χ4v) is 4.09. The second kappa shape index (κ2) is 7.69. The van der Waals surface area contributed by atoms with Crippen molar-refractivity contribution in [1.82, 2.24) is 15.1 Å². The number of rotatable bonds is 5. The Bertz CT molecular complexity index is 1190. The molecule has 9 nitrogen and oxygen atoms in total. The van der Waals surface area contributed by atoms with Crippen LogP contribution in [0.25, 0.3) is 11.4 Å². The number of aromatic nitrogens is 2. The summed E-state index contributed by atoms with van der Waals surface area (Å²) in [4.78, 5) is 31.5. The largest absolute Gasteiger partial charge is 0.337 e. The molecule has 0 spiro atoms. The van der Waals surface area contributed by atoms with Crippen molar-refractivity contribution in [3.8, 4) is 11.4 Å². The number of aryl methyl sites for hydroxylation is 1. The van der Waals surface area contributed by atoms with E-state index in [1.165, 1.54) is 9.91 Å². The van der Waals surface area contributed by atoms with E-state index in [-0.39, 0.29) is 24.2 Å². The lowest BCUT2D eigenvalue weighted by Crippen LogP contribution is -2.39. The lowest BCUT2D eigenvalue weighted by Gasteiger charge is -2.19. The Hall–Kier alpha value is -3.40. The number of anilines is 1. The molecule has 156 valence electrons. The average Bonchev–Trinajstić information content (AvgIpc) is 3.47. The predicted octanol–water partition coefficient (Wildman–Crippen LogP) is 3.55. The van der Waals surface area contributed by atoms with Crippen LogP contribution in [-0.2, 0) is 22.6 Å². The van der Waals surface area contributed by atoms with Crippen LogP contribution in [0.2, 0.25) is 0 Å². The van der Waals surface area contributed by atoms with Crippen LogP contribution in [0.5, 0.6) is 0 Å². The van der Waals surface area contributed by atoms with Crippen LogP contribution in [0.1, 0.15) is 18.4 Å². The molecule has 2 amide bonds. The third-order valence-electron chi connectivity index (χ3n) is 5.31. The van der Waals surface area contributed by atoms with Gasteiger partial charge >= 0.3 is 0 Å². The van der Waals surface area contributed by atoms with Gasteiger partial charge in [-0.3, -0.25) is 14.6 Å². The second-order valence-electron chi connectivity index (χ2n) is 7.25. The van der Waals surface area contributed by atoms with E-state index >= 15 is 0 Å². The van der Waals surface area contributed by atoms with Crippen LogP contribution in [-0.4, -0.2) is 39.0 Å². The molecule has 0 bridgehead atoms. The van der Waals surface area contributed by atoms with Gasteiger partial charge in [-0.05, 0) is 36.2 Å². The summed E-state index contributed by atoms with van der Waals surface area (Å²) in [5, 5.41) is 13.5. The standard InChI is InChI=1S/C21H17BrN6O3/c1-2-12-6-8-15(9-7-12)28-20(29)17-18(21(28)30)27(26-24-17)11-16-23-19(25-31-16)13-4-3-5-14(22)10-13/h3-10,17-18H,2,11H2,1H3/t17-,18-/m1/s1. The monoisotopic (exact) mass is 480 g/mol. The summed E-state index contributed by atoms with van der Waals surface area (Å²) in [6.07, 6.45) is 0.877. The van der Waals surface area contributed by atoms with Gasteiger partial charge in [0.05, 0.1) is 5.69 Å². The topological polar surface area (TPSA) is 104 Å². The Kier molecular flexibility index (Phi) is 4.85. The molecular weight excluding hydrogens is 464 g/mol. The van der Waals surface area contributed by atoms with Crippen molar-refractivity contribution in [2.45, 2.75) is 32.0 Å². The summed E-state index contributed by atoms with van der Waals surface area (Å²) in [6.45, 7) is 2.12. The smallest absolute Gasteiger partial charge is 0.263 e. The van der Waals surface area contributed by atoms with E-state index < -0.39 is 12.1 Å². The number of amides is 2. The highest BCUT2D eigenvalue weighted by atomic mass is 79.9. The first-order valence-electron chi connectivity index (χ1n) is 9.78. The van der Waals surface area contributed by atoms with Crippen molar-refractivity contribution < 1.29 is 14.1 Å². The Morgan fingerprint density at radius 2 is 1.90 bits per heavy atom. The molecule has 1 aromatic heterocycles. The molecule has 5 rings (SSSR count). The molecule has 0 saturated carbocycles. The van der Waals surface area contributed by atoms with Crippen LogP contribution in [0.15, 0.2) is 67.9 Å². The molecule has 0 aliphatic carbocycles. The molecular formula is C21H17BrN6O3. The van der Waals surface area contributed by atoms with Gasteiger partial charge in [0.1, 0.15) is 6.54 Å². The van der Waals surface area contributed by atoms with Crippen molar-refractivity contribution in [1.29, 1.82) is 0 Å². The third-order valence-corrected chi connectivity index (χ3v) is 5.80. The van der Waals surface area contributed by atoms with E-state index in [4.69, 9.17) is 4.52 Å². The number of hydrogen-bond donors (Lipinski definition) is 0. The van der Waals surface area contributed by atoms with Crippen molar-refractivity contribution in [2.75, 3.05) is 4.90 Å². The summed E-state index contributed by atoms with van der Waals surface area (Å²) in [6, 6.07) is 13.2. The minimum atomic E-state index is -0.870. The van der Waals surface area contributed by atoms with E-state index in [1.807, 2.05) is 43.3 Å². The summed E-state index contributed by atoms with van der Waals surface area (Å²) in [7, 11) is 0. The number of imide groups is 1. The maximum Gasteiger partial charge on any atom is 0.263 e. The van der Waals surface area contributed by atoms with Crippen molar-refractivity contribution in [2.24, 2.45) is 10.3 Å². The zero-order valence-electron chi connectivity index (χ0n) is 16.5. The lowest BCUT2D eigenvalue weighted by molar-refractivity contribution is -0.123. The summed E-state index contributed by atoms with van der Waals surface area (Å²) in [5.41, 5.74) is 2.45. The number of benzene rings is 2. The summed E-state index contributed by atoms with van der Waals surface area (Å²) in [5.74, 6) is -0.0437. The van der Waals surface area contributed by atoms with Gasteiger partial charge in [0.15, 0.2) is 12.1 Å². The summed E-state index contributed by atoms with van der Waals surface area (Å²) >= 11 is 3.42. The van der Waals surface area contributed by atoms with Gasteiger partial charge in [-0.25, -0.2) is 4.90 Å². The van der Waals surface area contributed by atoms with Gasteiger partial charge in [0.25, 0.3) is 11.8 Å². The first-order chi connectivity index (χ1) is 15.0. The number of carbonyl (C=O) groups excluding carboxylic acids is 2. The number of hydrogen-bond acceptors (Lipinski definition) is 8. The molecule has 31 heavy (non-hydrogen) atoms. The maximum absolute atomic E-state index is 13.1. The molecule has 1 saturated heterocycles. The molecule has 0 unspecified atom stereocenters. The molecule has 2 atom stereocenters. The fraction of sp³-hybridized carbons (Fsp3) is 0.238. The van der Waals surface area contributed by atoms with Crippen LogP contribution < -0.4 is 4.90 Å². The van der Waals surface area contributed by atoms with Gasteiger partial charge in [0, 0.05) is 10.0 Å². The maximum atomic E-state index is 13.1. The van der Waals surface area contributed by atoms with Crippen molar-refractivity contribution in [3.05, 3.63) is 64.5 Å². The molecule has 0 radical (unpaired) electrons. The number of fused-ring (bicyclic) bond motifs is 1. The Labute approximate surface area is 185 Å². The zero-order chi connectivity index (χ0) is 21.5. The van der Waals surface area contributed by atoms with Crippen LogP contribution in [0.4, 0.5) is 5.69 Å². The predicted molar refractivity (Wildman–Crippen MR) is 114 cm³/mol. The van der Waals surface area contributed by atoms with E-state index in [2.05, 4.69) is 36.4 Å². The lowest BCUT2D eigenvalue weighted by atomic mass is 10.1. The first kappa shape index (κ1) is 19.6. The van der Waals surface area contributed by atoms with Crippen LogP contribution >= 0.6 is 15.9 Å². The average molecular weight is 481 g/mol. The van der Waals surface area contributed by atoms with Gasteiger partial charge < -0.3 is 4.52 Å². The van der Waals surface area contributed by atoms with E-state index in [9.17, 15) is 9.59 Å². The number of carbonyl (C=O) groups is 2. The second-order valence-corrected chi connectivity index (χ2v) is 8.16. The van der Waals surface area contributed by atoms with Gasteiger partial charge in [-0.15, -0.1) is 0 Å². The minimum absolute atomic E-state index is 0.0767. The number of halogens is 1. The molecule has 2 aliphatic rings. The van der Waals surface area contributed by atoms with E-state index in [0.717, 1.165) is 22.0 Å². The van der Waals surface area contributed by atoms with Gasteiger partial charge in [0.2, 0.25) is 11.7 Å². The number of nitrogens with zero attached hydrogens (tertiary/aromatic N) is 6. The highest BCUT2D eigenvalue weighted by Gasteiger charge is 2.55. The highest BCUT2D eigenvalue weighted by molar-refractivity contribution is 9.10. The molecule has 0 N–H and O–H groups in total. The highest BCUT2D eigenvalue weighted by Crippen LogP contribution is 2.33. The van der Waals surface area contributed by atoms with E-state index in [1.54, 1.807) is 12.1 Å². The Morgan fingerprint density at radius 1 is 1.10 bits per heavy atom. The first-order valence-corrected chi connectivity index (χ1v) is 10.6. The SMILES string of the molecule is CCc1ccc(N2C(=O)[C@@H]3N=NN(Cc4nc(-c5cccc(Br)c5)no4)[C@H]3C2=O)cc1. The van der Waals surface area contributed by atoms with Crippen molar-refractivity contribution in [3.63, 3.8) is 0 Å². The molecule has 2 aliphatic heterocycles. The Morgan fingerprint density at radius 3 is 2.65 bits per heavy atom. The van der Waals surface area contributed by atoms with Gasteiger partial charge in [-0.1, -0.05) is 57.5 Å². The van der Waals surface area contributed by atoms with Crippen molar-refractivity contribution >= 4 is 33.4 Å². The van der Waals surface area contributed by atoms with Gasteiger partial charge in [-0.2, -0.15) is 10.1 Å². The molecule has 3 heterocycles. The zero-order valence-corrected chi connectivity index (χ0v) is 18.1. The summed E-state index contributed by atoms with van der Waals surface area (Å²) < 4.78 is 6.24. The Balaban J connectivity index is 1.35. The molecule has 1 fully saturated rings. The molecule has 2 aromatic carbocycles. The quantitative estimate of drug-likeness (QED) is 0.517. The molecule has 10 heteroatoms. The van der Waals surface area contributed by atoms with Crippen LogP contribution in [0, 0.1) is 0 Å². The van der Waals surface area contributed by atoms with Crippen LogP contribution in [0.3, 0.4) is 0 Å². The van der Waals surface area contributed by atoms with E-state index in [0.29, 0.717) is 11.5 Å². The normalized spacial score (nSPS) is 20.1. The minimum Gasteiger partial charge on any atom is -0.337 e. The molecule has 3 aromatic rings.